The lowest BCUT2D eigenvalue weighted by atomic mass is 10.1. The Labute approximate surface area is 126 Å². The van der Waals surface area contributed by atoms with E-state index in [-0.39, 0.29) is 18.5 Å². The van der Waals surface area contributed by atoms with Crippen LogP contribution in [0.2, 0.25) is 0 Å². The molecule has 1 saturated heterocycles. The molecule has 21 heavy (non-hydrogen) atoms. The Balaban J connectivity index is 1.83. The second-order valence-corrected chi connectivity index (χ2v) is 7.64. The summed E-state index contributed by atoms with van der Waals surface area (Å²) < 4.78 is 35.2. The van der Waals surface area contributed by atoms with Crippen LogP contribution in [0.4, 0.5) is 0 Å². The molecule has 0 radical (unpaired) electrons. The standard InChI is InChI=1S/C15H23NO4S/c1-12-15(7-9-19-12)21(17,18)11-10-20-14-4-2-13(3-5-14)6-8-16/h2-5,12,15H,6-11,16H2,1H3. The normalized spacial score (nSPS) is 22.4. The van der Waals surface area contributed by atoms with Crippen LogP contribution in [0.1, 0.15) is 18.9 Å². The predicted octanol–water partition coefficient (Wildman–Crippen LogP) is 1.16. The van der Waals surface area contributed by atoms with Crippen LogP contribution >= 0.6 is 0 Å². The van der Waals surface area contributed by atoms with Crippen molar-refractivity contribution < 1.29 is 17.9 Å². The molecule has 2 rings (SSSR count). The van der Waals surface area contributed by atoms with E-state index in [0.717, 1.165) is 12.0 Å². The third kappa shape index (κ3) is 4.43. The fraction of sp³-hybridized carbons (Fsp3) is 0.600. The molecule has 1 fully saturated rings. The van der Waals surface area contributed by atoms with Gasteiger partial charge in [0, 0.05) is 6.61 Å². The summed E-state index contributed by atoms with van der Waals surface area (Å²) in [4.78, 5) is 0. The lowest BCUT2D eigenvalue weighted by Crippen LogP contribution is -2.32. The van der Waals surface area contributed by atoms with Crippen molar-refractivity contribution in [1.82, 2.24) is 0 Å². The first-order chi connectivity index (χ1) is 10.0. The van der Waals surface area contributed by atoms with E-state index in [9.17, 15) is 8.42 Å². The minimum absolute atomic E-state index is 0.0237. The third-order valence-electron chi connectivity index (χ3n) is 3.76. The molecule has 1 aromatic carbocycles. The van der Waals surface area contributed by atoms with Gasteiger partial charge in [-0.2, -0.15) is 0 Å². The second-order valence-electron chi connectivity index (χ2n) is 5.30. The maximum Gasteiger partial charge on any atom is 0.159 e. The Bertz CT molecular complexity index is 541. The van der Waals surface area contributed by atoms with Gasteiger partial charge in [-0.3, -0.25) is 0 Å². The molecule has 1 aliphatic rings. The van der Waals surface area contributed by atoms with Crippen LogP contribution in [0.15, 0.2) is 24.3 Å². The van der Waals surface area contributed by atoms with Crippen molar-refractivity contribution in [2.45, 2.75) is 31.1 Å². The zero-order valence-corrected chi connectivity index (χ0v) is 13.1. The van der Waals surface area contributed by atoms with Gasteiger partial charge in [-0.05, 0) is 44.0 Å². The van der Waals surface area contributed by atoms with Crippen LogP contribution in [-0.2, 0) is 21.0 Å². The minimum atomic E-state index is -3.16. The van der Waals surface area contributed by atoms with E-state index in [0.29, 0.717) is 25.3 Å². The number of hydrogen-bond donors (Lipinski definition) is 1. The topological polar surface area (TPSA) is 78.6 Å². The molecule has 0 bridgehead atoms. The Morgan fingerprint density at radius 2 is 2.05 bits per heavy atom. The van der Waals surface area contributed by atoms with E-state index in [1.165, 1.54) is 0 Å². The first-order valence-electron chi connectivity index (χ1n) is 7.28. The van der Waals surface area contributed by atoms with Gasteiger partial charge in [0.15, 0.2) is 9.84 Å². The van der Waals surface area contributed by atoms with Crippen molar-refractivity contribution in [2.24, 2.45) is 5.73 Å². The summed E-state index contributed by atoms with van der Waals surface area (Å²) in [6, 6.07) is 7.59. The summed E-state index contributed by atoms with van der Waals surface area (Å²) in [6.45, 7) is 3.11. The lowest BCUT2D eigenvalue weighted by molar-refractivity contribution is 0.126. The molecular weight excluding hydrogens is 290 g/mol. The van der Waals surface area contributed by atoms with Crippen LogP contribution < -0.4 is 10.5 Å². The lowest BCUT2D eigenvalue weighted by Gasteiger charge is -2.15. The van der Waals surface area contributed by atoms with Crippen LogP contribution in [-0.4, -0.2) is 45.3 Å². The van der Waals surface area contributed by atoms with Crippen molar-refractivity contribution in [2.75, 3.05) is 25.5 Å². The molecule has 1 aliphatic heterocycles. The number of rotatable bonds is 7. The van der Waals surface area contributed by atoms with Gasteiger partial charge in [0.2, 0.25) is 0 Å². The first-order valence-corrected chi connectivity index (χ1v) is 8.99. The monoisotopic (exact) mass is 313 g/mol. The highest BCUT2D eigenvalue weighted by molar-refractivity contribution is 7.92. The number of hydrogen-bond acceptors (Lipinski definition) is 5. The summed E-state index contributed by atoms with van der Waals surface area (Å²) in [6.07, 6.45) is 1.19. The molecule has 0 aromatic heterocycles. The van der Waals surface area contributed by atoms with Crippen molar-refractivity contribution in [3.05, 3.63) is 29.8 Å². The Morgan fingerprint density at radius 3 is 2.62 bits per heavy atom. The molecule has 6 heteroatoms. The Kier molecular flexibility index (Phi) is 5.61. The van der Waals surface area contributed by atoms with Crippen molar-refractivity contribution >= 4 is 9.84 Å². The second kappa shape index (κ2) is 7.24. The molecule has 0 aliphatic carbocycles. The minimum Gasteiger partial charge on any atom is -0.493 e. The fourth-order valence-electron chi connectivity index (χ4n) is 2.53. The van der Waals surface area contributed by atoms with Gasteiger partial charge < -0.3 is 15.2 Å². The van der Waals surface area contributed by atoms with Crippen LogP contribution in [0.3, 0.4) is 0 Å². The maximum absolute atomic E-state index is 12.2. The molecule has 1 heterocycles. The van der Waals surface area contributed by atoms with Gasteiger partial charge in [0.05, 0.1) is 17.1 Å². The molecule has 118 valence electrons. The van der Waals surface area contributed by atoms with E-state index < -0.39 is 15.1 Å². The highest BCUT2D eigenvalue weighted by Gasteiger charge is 2.35. The fourth-order valence-corrected chi connectivity index (χ4v) is 4.27. The van der Waals surface area contributed by atoms with E-state index in [4.69, 9.17) is 15.2 Å². The van der Waals surface area contributed by atoms with Gasteiger partial charge in [0.25, 0.3) is 0 Å². The van der Waals surface area contributed by atoms with Crippen molar-refractivity contribution in [3.63, 3.8) is 0 Å². The number of nitrogens with two attached hydrogens (primary N) is 1. The average Bonchev–Trinajstić information content (AvgIpc) is 2.88. The number of sulfone groups is 1. The summed E-state index contributed by atoms with van der Waals surface area (Å²) in [5, 5.41) is -0.395. The molecular formula is C15H23NO4S. The summed E-state index contributed by atoms with van der Waals surface area (Å²) in [7, 11) is -3.16. The zero-order chi connectivity index (χ0) is 15.3. The summed E-state index contributed by atoms with van der Waals surface area (Å²) in [5.41, 5.74) is 6.64. The molecule has 2 unspecified atom stereocenters. The molecule has 2 N–H and O–H groups in total. The Hall–Kier alpha value is -1.11. The molecule has 0 saturated carbocycles. The van der Waals surface area contributed by atoms with Gasteiger partial charge in [-0.25, -0.2) is 8.42 Å². The highest BCUT2D eigenvalue weighted by atomic mass is 32.2. The zero-order valence-electron chi connectivity index (χ0n) is 12.3. The van der Waals surface area contributed by atoms with Crippen LogP contribution in [0, 0.1) is 0 Å². The van der Waals surface area contributed by atoms with Gasteiger partial charge >= 0.3 is 0 Å². The largest absolute Gasteiger partial charge is 0.493 e. The smallest absolute Gasteiger partial charge is 0.159 e. The van der Waals surface area contributed by atoms with Gasteiger partial charge in [-0.15, -0.1) is 0 Å². The van der Waals surface area contributed by atoms with E-state index in [1.54, 1.807) is 0 Å². The van der Waals surface area contributed by atoms with Gasteiger partial charge in [0.1, 0.15) is 12.4 Å². The average molecular weight is 313 g/mol. The third-order valence-corrected chi connectivity index (χ3v) is 6.04. The summed E-state index contributed by atoms with van der Waals surface area (Å²) >= 11 is 0. The summed E-state index contributed by atoms with van der Waals surface area (Å²) in [5.74, 6) is 0.706. The van der Waals surface area contributed by atoms with E-state index >= 15 is 0 Å². The highest BCUT2D eigenvalue weighted by Crippen LogP contribution is 2.21. The van der Waals surface area contributed by atoms with Crippen molar-refractivity contribution in [3.8, 4) is 5.75 Å². The first kappa shape index (κ1) is 16.3. The van der Waals surface area contributed by atoms with Crippen molar-refractivity contribution in [1.29, 1.82) is 0 Å². The SMILES string of the molecule is CC1OCCC1S(=O)(=O)CCOc1ccc(CCN)cc1. The number of ether oxygens (including phenoxy) is 2. The molecule has 5 nitrogen and oxygen atoms in total. The predicted molar refractivity (Wildman–Crippen MR) is 82.3 cm³/mol. The molecule has 1 aromatic rings. The van der Waals surface area contributed by atoms with E-state index in [1.807, 2.05) is 31.2 Å². The van der Waals surface area contributed by atoms with Crippen LogP contribution in [0.5, 0.6) is 5.75 Å². The van der Waals surface area contributed by atoms with Gasteiger partial charge in [-0.1, -0.05) is 12.1 Å². The number of benzene rings is 1. The van der Waals surface area contributed by atoms with E-state index in [2.05, 4.69) is 0 Å². The molecule has 2 atom stereocenters. The Morgan fingerprint density at radius 1 is 1.33 bits per heavy atom. The quantitative estimate of drug-likeness (QED) is 0.817. The van der Waals surface area contributed by atoms with Crippen LogP contribution in [0.25, 0.3) is 0 Å². The maximum atomic E-state index is 12.2. The molecule has 0 amide bonds. The molecule has 0 spiro atoms.